The van der Waals surface area contributed by atoms with Gasteiger partial charge in [0, 0.05) is 25.7 Å². The number of hydrazine groups is 1. The van der Waals surface area contributed by atoms with Gasteiger partial charge in [-0.25, -0.2) is 10.8 Å². The molecule has 10 nitrogen and oxygen atoms in total. The number of carbonyl (C=O) groups is 2. The van der Waals surface area contributed by atoms with Crippen molar-refractivity contribution in [2.45, 2.75) is 39.3 Å². The van der Waals surface area contributed by atoms with E-state index in [1.807, 2.05) is 6.92 Å². The third-order valence-electron chi connectivity index (χ3n) is 5.21. The molecule has 3 rings (SSSR count). The lowest BCUT2D eigenvalue weighted by atomic mass is 10.0. The fourth-order valence-corrected chi connectivity index (χ4v) is 3.26. The molecule has 0 aromatic carbocycles. The topological polar surface area (TPSA) is 149 Å². The summed E-state index contributed by atoms with van der Waals surface area (Å²) in [5.74, 6) is 5.65. The van der Waals surface area contributed by atoms with Crippen molar-refractivity contribution >= 4 is 23.5 Å². The van der Waals surface area contributed by atoms with Gasteiger partial charge in [-0.2, -0.15) is 0 Å². The van der Waals surface area contributed by atoms with Crippen LogP contribution in [0.4, 0.5) is 5.82 Å². The van der Waals surface area contributed by atoms with E-state index in [1.165, 1.54) is 0 Å². The number of rotatable bonds is 6. The first-order valence-corrected chi connectivity index (χ1v) is 10.1. The van der Waals surface area contributed by atoms with E-state index < -0.39 is 11.9 Å². The first kappa shape index (κ1) is 22.3. The molecule has 0 fully saturated rings. The Kier molecular flexibility index (Phi) is 6.93. The summed E-state index contributed by atoms with van der Waals surface area (Å²) in [4.78, 5) is 35.0. The number of aliphatic hydroxyl groups is 1. The van der Waals surface area contributed by atoms with Crippen LogP contribution in [0.15, 0.2) is 30.5 Å². The molecule has 0 saturated carbocycles. The maximum absolute atomic E-state index is 12.7. The van der Waals surface area contributed by atoms with Gasteiger partial charge in [0.25, 0.3) is 5.91 Å². The van der Waals surface area contributed by atoms with Crippen molar-refractivity contribution in [1.29, 1.82) is 5.41 Å². The number of aliphatic hydroxyl groups excluding tert-OH is 1. The monoisotopic (exact) mass is 425 g/mol. The highest BCUT2D eigenvalue weighted by Crippen LogP contribution is 2.20. The highest BCUT2D eigenvalue weighted by Gasteiger charge is 2.22. The molecule has 0 spiro atoms. The van der Waals surface area contributed by atoms with E-state index in [0.717, 1.165) is 16.1 Å². The Labute approximate surface area is 180 Å². The van der Waals surface area contributed by atoms with Gasteiger partial charge in [-0.05, 0) is 42.7 Å². The number of hydrogen-bond donors (Lipinski definition) is 4. The molecule has 10 heteroatoms. The minimum Gasteiger partial charge on any atom is -0.394 e. The fraction of sp³-hybridized carbons (Fsp3) is 0.381. The minimum atomic E-state index is -0.452. The third-order valence-corrected chi connectivity index (χ3v) is 5.21. The Morgan fingerprint density at radius 1 is 1.35 bits per heavy atom. The van der Waals surface area contributed by atoms with Crippen LogP contribution in [0.2, 0.25) is 0 Å². The van der Waals surface area contributed by atoms with E-state index in [2.05, 4.69) is 15.3 Å². The molecule has 2 aromatic heterocycles. The molecule has 0 saturated heterocycles. The molecular weight excluding hydrogens is 398 g/mol. The number of carbonyl (C=O) groups excluding carboxylic acids is 2. The van der Waals surface area contributed by atoms with Crippen LogP contribution in [0, 0.1) is 5.41 Å². The second kappa shape index (κ2) is 9.63. The lowest BCUT2D eigenvalue weighted by Crippen LogP contribution is -2.46. The number of hydrogen-bond acceptors (Lipinski definition) is 7. The van der Waals surface area contributed by atoms with Gasteiger partial charge < -0.3 is 15.3 Å². The second-order valence-corrected chi connectivity index (χ2v) is 7.41. The normalized spacial score (nSPS) is 13.9. The maximum atomic E-state index is 12.7. The largest absolute Gasteiger partial charge is 0.394 e. The van der Waals surface area contributed by atoms with Gasteiger partial charge in [-0.3, -0.25) is 25.0 Å². The summed E-state index contributed by atoms with van der Waals surface area (Å²) < 4.78 is 0. The molecular formula is C21H27N7O3. The number of nitrogens with zero attached hydrogens (tertiary/aromatic N) is 4. The summed E-state index contributed by atoms with van der Waals surface area (Å²) in [5.41, 5.74) is 2.42. The van der Waals surface area contributed by atoms with Crippen LogP contribution < -0.4 is 11.2 Å². The van der Waals surface area contributed by atoms with Crippen LogP contribution in [0.5, 0.6) is 0 Å². The van der Waals surface area contributed by atoms with E-state index in [-0.39, 0.29) is 35.6 Å². The molecule has 1 unspecified atom stereocenters. The Morgan fingerprint density at radius 2 is 2.13 bits per heavy atom. The molecule has 3 heterocycles. The first-order valence-electron chi connectivity index (χ1n) is 10.1. The van der Waals surface area contributed by atoms with Crippen molar-refractivity contribution in [2.75, 3.05) is 18.5 Å². The molecule has 1 aliphatic rings. The van der Waals surface area contributed by atoms with Gasteiger partial charge in [0.15, 0.2) is 5.84 Å². The molecule has 0 radical (unpaired) electrons. The van der Waals surface area contributed by atoms with Gasteiger partial charge in [0.1, 0.15) is 17.2 Å². The lowest BCUT2D eigenvalue weighted by molar-refractivity contribution is -0.131. The summed E-state index contributed by atoms with van der Waals surface area (Å²) in [6.45, 7) is 4.42. The van der Waals surface area contributed by atoms with Gasteiger partial charge in [0.05, 0.1) is 12.6 Å². The maximum Gasteiger partial charge on any atom is 0.275 e. The number of amidine groups is 1. The zero-order valence-corrected chi connectivity index (χ0v) is 17.6. The van der Waals surface area contributed by atoms with Crippen molar-refractivity contribution in [3.8, 4) is 0 Å². The first-order chi connectivity index (χ1) is 14.8. The molecule has 1 atom stereocenters. The van der Waals surface area contributed by atoms with Crippen molar-refractivity contribution in [2.24, 2.45) is 5.84 Å². The van der Waals surface area contributed by atoms with Crippen molar-refractivity contribution in [3.63, 3.8) is 0 Å². The second-order valence-electron chi connectivity index (χ2n) is 7.41. The number of pyridine rings is 2. The minimum absolute atomic E-state index is 0.0785. The van der Waals surface area contributed by atoms with Crippen LogP contribution >= 0.6 is 0 Å². The van der Waals surface area contributed by atoms with Crippen molar-refractivity contribution in [3.05, 3.63) is 53.0 Å². The van der Waals surface area contributed by atoms with Crippen molar-refractivity contribution < 1.29 is 14.7 Å². The Morgan fingerprint density at radius 3 is 2.84 bits per heavy atom. The molecule has 5 N–H and O–H groups in total. The lowest BCUT2D eigenvalue weighted by Gasteiger charge is -2.28. The summed E-state index contributed by atoms with van der Waals surface area (Å²) >= 11 is 0. The number of amides is 2. The average molecular weight is 425 g/mol. The van der Waals surface area contributed by atoms with E-state index in [1.54, 1.807) is 42.3 Å². The Bertz CT molecular complexity index is 995. The summed E-state index contributed by atoms with van der Waals surface area (Å²) in [7, 11) is 0. The van der Waals surface area contributed by atoms with Gasteiger partial charge >= 0.3 is 0 Å². The molecule has 164 valence electrons. The predicted molar refractivity (Wildman–Crippen MR) is 115 cm³/mol. The predicted octanol–water partition coefficient (Wildman–Crippen LogP) is 0.905. The summed E-state index contributed by atoms with van der Waals surface area (Å²) in [5, 5.41) is 21.2. The molecule has 0 bridgehead atoms. The van der Waals surface area contributed by atoms with Gasteiger partial charge in [0.2, 0.25) is 5.91 Å². The summed E-state index contributed by atoms with van der Waals surface area (Å²) in [6, 6.07) is 6.10. The molecule has 31 heavy (non-hydrogen) atoms. The number of nitrogens with one attached hydrogen (secondary N) is 2. The van der Waals surface area contributed by atoms with Crippen LogP contribution in [-0.2, 0) is 17.8 Å². The highest BCUT2D eigenvalue weighted by atomic mass is 16.3. The smallest absolute Gasteiger partial charge is 0.275 e. The number of nitrogens with two attached hydrogens (primary N) is 1. The van der Waals surface area contributed by atoms with Crippen LogP contribution in [-0.4, -0.2) is 61.8 Å². The van der Waals surface area contributed by atoms with Crippen LogP contribution in [0.25, 0.3) is 0 Å². The van der Waals surface area contributed by atoms with E-state index >= 15 is 0 Å². The Balaban J connectivity index is 1.74. The van der Waals surface area contributed by atoms with Crippen LogP contribution in [0.3, 0.4) is 0 Å². The molecule has 1 aliphatic heterocycles. The SMILES string of the molecule is CCC(=O)N1CCc2cnc(C(=O)Nc3cccc(C(=N)N(N)C(C)CO)n3)cc2C1. The standard InChI is InChI=1S/C21H27N7O3/c1-3-19(30)27-8-7-14-10-24-17(9-15(14)11-27)21(31)26-18-6-4-5-16(25-18)20(22)28(23)13(2)12-29/h4-6,9-10,13,22,29H,3,7-8,11-12,23H2,1-2H3,(H,25,26,31). The van der Waals surface area contributed by atoms with E-state index in [9.17, 15) is 14.7 Å². The molecule has 2 amide bonds. The Hall–Kier alpha value is -3.37. The number of anilines is 1. The third kappa shape index (κ3) is 5.04. The zero-order valence-electron chi connectivity index (χ0n) is 17.6. The highest BCUT2D eigenvalue weighted by molar-refractivity contribution is 6.03. The zero-order chi connectivity index (χ0) is 22.5. The van der Waals surface area contributed by atoms with Crippen LogP contribution in [0.1, 0.15) is 47.6 Å². The molecule has 0 aliphatic carbocycles. The van der Waals surface area contributed by atoms with Crippen molar-refractivity contribution in [1.82, 2.24) is 19.9 Å². The average Bonchev–Trinajstić information content (AvgIpc) is 2.81. The van der Waals surface area contributed by atoms with E-state index in [4.69, 9.17) is 11.3 Å². The fourth-order valence-electron chi connectivity index (χ4n) is 3.26. The number of aromatic nitrogens is 2. The van der Waals surface area contributed by atoms with E-state index in [0.29, 0.717) is 25.9 Å². The van der Waals surface area contributed by atoms with Gasteiger partial charge in [-0.1, -0.05) is 13.0 Å². The quantitative estimate of drug-likeness (QED) is 0.233. The van der Waals surface area contributed by atoms with Gasteiger partial charge in [-0.15, -0.1) is 0 Å². The number of fused-ring (bicyclic) bond motifs is 1. The molecule has 2 aromatic rings. The summed E-state index contributed by atoms with van der Waals surface area (Å²) in [6.07, 6.45) is 2.84.